The summed E-state index contributed by atoms with van der Waals surface area (Å²) in [6.45, 7) is 1.27. The Bertz CT molecular complexity index is 583. The van der Waals surface area contributed by atoms with Gasteiger partial charge in [0.15, 0.2) is 0 Å². The number of halogens is 1. The van der Waals surface area contributed by atoms with E-state index in [9.17, 15) is 9.59 Å². The summed E-state index contributed by atoms with van der Waals surface area (Å²) in [4.78, 5) is 25.3. The summed E-state index contributed by atoms with van der Waals surface area (Å²) < 4.78 is 6.07. The lowest BCUT2D eigenvalue weighted by molar-refractivity contribution is -0.146. The molecule has 1 heterocycles. The molecular formula is C15H18BrN3O3. The van der Waals surface area contributed by atoms with E-state index in [1.807, 2.05) is 6.07 Å². The molecule has 7 heteroatoms. The summed E-state index contributed by atoms with van der Waals surface area (Å²) in [5.74, 6) is -0.617. The van der Waals surface area contributed by atoms with Gasteiger partial charge in [0.2, 0.25) is 0 Å². The minimum absolute atomic E-state index is 0.530. The summed E-state index contributed by atoms with van der Waals surface area (Å²) in [6.07, 6.45) is 4.44. The van der Waals surface area contributed by atoms with Crippen LogP contribution >= 0.6 is 15.9 Å². The van der Waals surface area contributed by atoms with Crippen molar-refractivity contribution in [2.45, 2.75) is 19.3 Å². The van der Waals surface area contributed by atoms with Gasteiger partial charge in [-0.05, 0) is 37.5 Å². The third-order valence-electron chi connectivity index (χ3n) is 3.40. The summed E-state index contributed by atoms with van der Waals surface area (Å²) >= 11 is 3.36. The van der Waals surface area contributed by atoms with Crippen LogP contribution in [-0.4, -0.2) is 43.1 Å². The molecule has 1 saturated heterocycles. The highest BCUT2D eigenvalue weighted by molar-refractivity contribution is 9.10. The normalized spacial score (nSPS) is 14.9. The van der Waals surface area contributed by atoms with Gasteiger partial charge in [0.1, 0.15) is 5.75 Å². The minimum atomic E-state index is -0.716. The number of benzene rings is 1. The van der Waals surface area contributed by atoms with Crippen LogP contribution in [-0.2, 0) is 9.59 Å². The lowest BCUT2D eigenvalue weighted by Crippen LogP contribution is -2.43. The van der Waals surface area contributed by atoms with Crippen LogP contribution in [0.15, 0.2) is 27.8 Å². The Labute approximate surface area is 137 Å². The molecule has 0 aliphatic carbocycles. The smallest absolute Gasteiger partial charge is 0.329 e. The number of hydrogen-bond donors (Lipinski definition) is 1. The Morgan fingerprint density at radius 2 is 2.05 bits per heavy atom. The molecule has 0 atom stereocenters. The fraction of sp³-hybridized carbons (Fsp3) is 0.400. The predicted octanol–water partition coefficient (Wildman–Crippen LogP) is 1.92. The number of likely N-dealkylation sites (tertiary alicyclic amines) is 1. The minimum Gasteiger partial charge on any atom is -0.496 e. The van der Waals surface area contributed by atoms with E-state index in [-0.39, 0.29) is 0 Å². The van der Waals surface area contributed by atoms with Crippen molar-refractivity contribution in [3.63, 3.8) is 0 Å². The van der Waals surface area contributed by atoms with Crippen molar-refractivity contribution in [1.29, 1.82) is 0 Å². The van der Waals surface area contributed by atoms with Crippen LogP contribution in [0.3, 0.4) is 0 Å². The highest BCUT2D eigenvalue weighted by Crippen LogP contribution is 2.21. The summed E-state index contributed by atoms with van der Waals surface area (Å²) in [7, 11) is 1.55. The van der Waals surface area contributed by atoms with Gasteiger partial charge in [0.05, 0.1) is 13.3 Å². The zero-order chi connectivity index (χ0) is 15.9. The Morgan fingerprint density at radius 1 is 1.32 bits per heavy atom. The summed E-state index contributed by atoms with van der Waals surface area (Å²) in [5.41, 5.74) is 2.96. The number of ether oxygens (including phenoxy) is 1. The quantitative estimate of drug-likeness (QED) is 0.504. The highest BCUT2D eigenvalue weighted by Gasteiger charge is 2.22. The number of rotatable bonds is 3. The zero-order valence-corrected chi connectivity index (χ0v) is 13.9. The van der Waals surface area contributed by atoms with Crippen LogP contribution in [0.1, 0.15) is 24.8 Å². The fourth-order valence-electron chi connectivity index (χ4n) is 2.25. The van der Waals surface area contributed by atoms with E-state index in [4.69, 9.17) is 4.74 Å². The van der Waals surface area contributed by atoms with Gasteiger partial charge in [-0.25, -0.2) is 5.43 Å². The topological polar surface area (TPSA) is 71.0 Å². The number of hydrazone groups is 1. The van der Waals surface area contributed by atoms with Crippen LogP contribution in [0.25, 0.3) is 0 Å². The molecule has 2 amide bonds. The number of nitrogens with zero attached hydrogens (tertiary/aromatic N) is 2. The number of hydrogen-bond acceptors (Lipinski definition) is 4. The average molecular weight is 368 g/mol. The molecule has 0 saturated carbocycles. The standard InChI is InChI=1S/C15H18BrN3O3/c1-22-13-6-5-12(16)9-11(13)10-17-18-14(20)15(21)19-7-3-2-4-8-19/h5-6,9-10H,2-4,7-8H2,1H3,(H,18,20). The molecule has 1 aromatic carbocycles. The molecule has 1 fully saturated rings. The Balaban J connectivity index is 1.95. The van der Waals surface area contributed by atoms with Gasteiger partial charge < -0.3 is 9.64 Å². The third kappa shape index (κ3) is 4.30. The van der Waals surface area contributed by atoms with E-state index in [2.05, 4.69) is 26.5 Å². The molecule has 2 rings (SSSR count). The first-order valence-corrected chi connectivity index (χ1v) is 7.87. The van der Waals surface area contributed by atoms with Crippen LogP contribution in [0, 0.1) is 0 Å². The second kappa shape index (κ2) is 7.93. The first kappa shape index (κ1) is 16.5. The first-order chi connectivity index (χ1) is 10.6. The van der Waals surface area contributed by atoms with Crippen molar-refractivity contribution in [3.05, 3.63) is 28.2 Å². The summed E-state index contributed by atoms with van der Waals surface area (Å²) in [6, 6.07) is 5.43. The lowest BCUT2D eigenvalue weighted by atomic mass is 10.1. The van der Waals surface area contributed by atoms with Crippen molar-refractivity contribution in [2.75, 3.05) is 20.2 Å². The maximum Gasteiger partial charge on any atom is 0.329 e. The number of carbonyl (C=O) groups excluding carboxylic acids is 2. The molecule has 1 aliphatic rings. The van der Waals surface area contributed by atoms with E-state index in [1.54, 1.807) is 24.1 Å². The molecule has 1 aliphatic heterocycles. The van der Waals surface area contributed by atoms with Gasteiger partial charge in [0, 0.05) is 23.1 Å². The van der Waals surface area contributed by atoms with E-state index in [1.165, 1.54) is 6.21 Å². The number of piperidine rings is 1. The van der Waals surface area contributed by atoms with Crippen LogP contribution in [0.4, 0.5) is 0 Å². The van der Waals surface area contributed by atoms with E-state index < -0.39 is 11.8 Å². The molecule has 0 aromatic heterocycles. The predicted molar refractivity (Wildman–Crippen MR) is 86.9 cm³/mol. The van der Waals surface area contributed by atoms with Crippen molar-refractivity contribution in [1.82, 2.24) is 10.3 Å². The Kier molecular flexibility index (Phi) is 5.94. The van der Waals surface area contributed by atoms with Gasteiger partial charge in [-0.2, -0.15) is 5.10 Å². The molecule has 1 N–H and O–H groups in total. The van der Waals surface area contributed by atoms with Crippen LogP contribution in [0.2, 0.25) is 0 Å². The van der Waals surface area contributed by atoms with Crippen LogP contribution < -0.4 is 10.2 Å². The highest BCUT2D eigenvalue weighted by atomic mass is 79.9. The van der Waals surface area contributed by atoms with E-state index in [0.29, 0.717) is 24.4 Å². The number of methoxy groups -OCH3 is 1. The summed E-state index contributed by atoms with van der Waals surface area (Å²) in [5, 5.41) is 3.83. The maximum atomic E-state index is 11.9. The number of nitrogens with one attached hydrogen (secondary N) is 1. The maximum absolute atomic E-state index is 11.9. The molecule has 6 nitrogen and oxygen atoms in total. The average Bonchev–Trinajstić information content (AvgIpc) is 2.55. The molecular weight excluding hydrogens is 350 g/mol. The second-order valence-corrected chi connectivity index (χ2v) is 5.85. The van der Waals surface area contributed by atoms with Gasteiger partial charge in [-0.15, -0.1) is 0 Å². The van der Waals surface area contributed by atoms with Crippen LogP contribution in [0.5, 0.6) is 5.75 Å². The number of amides is 2. The Hall–Kier alpha value is -1.89. The molecule has 0 unspecified atom stereocenters. The van der Waals surface area contributed by atoms with Gasteiger partial charge in [0.25, 0.3) is 0 Å². The van der Waals surface area contributed by atoms with E-state index in [0.717, 1.165) is 23.7 Å². The lowest BCUT2D eigenvalue weighted by Gasteiger charge is -2.25. The van der Waals surface area contributed by atoms with Crippen molar-refractivity contribution < 1.29 is 14.3 Å². The Morgan fingerprint density at radius 3 is 2.73 bits per heavy atom. The fourth-order valence-corrected chi connectivity index (χ4v) is 2.63. The third-order valence-corrected chi connectivity index (χ3v) is 3.89. The van der Waals surface area contributed by atoms with Gasteiger partial charge in [-0.3, -0.25) is 9.59 Å². The van der Waals surface area contributed by atoms with Crippen molar-refractivity contribution in [2.24, 2.45) is 5.10 Å². The van der Waals surface area contributed by atoms with E-state index >= 15 is 0 Å². The van der Waals surface area contributed by atoms with Crippen molar-refractivity contribution in [3.8, 4) is 5.75 Å². The first-order valence-electron chi connectivity index (χ1n) is 7.07. The SMILES string of the molecule is COc1ccc(Br)cc1C=NNC(=O)C(=O)N1CCCCC1. The second-order valence-electron chi connectivity index (χ2n) is 4.94. The molecule has 118 valence electrons. The van der Waals surface area contributed by atoms with Gasteiger partial charge >= 0.3 is 11.8 Å². The zero-order valence-electron chi connectivity index (χ0n) is 12.3. The number of carbonyl (C=O) groups is 2. The monoisotopic (exact) mass is 367 g/mol. The van der Waals surface area contributed by atoms with Crippen molar-refractivity contribution >= 4 is 34.0 Å². The largest absolute Gasteiger partial charge is 0.496 e. The molecule has 0 radical (unpaired) electrons. The molecule has 22 heavy (non-hydrogen) atoms. The molecule has 0 spiro atoms. The molecule has 0 bridgehead atoms. The molecule has 1 aromatic rings. The van der Waals surface area contributed by atoms with Gasteiger partial charge in [-0.1, -0.05) is 15.9 Å².